The third-order valence-electron chi connectivity index (χ3n) is 4.63. The summed E-state index contributed by atoms with van der Waals surface area (Å²) in [4.78, 5) is 16.3. The van der Waals surface area contributed by atoms with Crippen LogP contribution in [0, 0.1) is 5.92 Å². The zero-order valence-corrected chi connectivity index (χ0v) is 14.9. The molecule has 0 saturated heterocycles. The SMILES string of the molecule is CC(C)c1ccc(-c2noc(CCC(=O)NCC(N)C3CC3)n2)cc1. The van der Waals surface area contributed by atoms with Crippen molar-refractivity contribution in [2.24, 2.45) is 11.7 Å². The molecule has 1 unspecified atom stereocenters. The molecule has 3 rings (SSSR count). The van der Waals surface area contributed by atoms with Crippen molar-refractivity contribution >= 4 is 5.91 Å². The molecule has 1 aliphatic carbocycles. The van der Waals surface area contributed by atoms with Crippen molar-refractivity contribution < 1.29 is 9.32 Å². The Kier molecular flexibility index (Phi) is 5.48. The third kappa shape index (κ3) is 4.89. The molecule has 1 heterocycles. The number of carbonyl (C=O) groups is 1. The molecule has 1 aromatic carbocycles. The van der Waals surface area contributed by atoms with Crippen LogP contribution < -0.4 is 11.1 Å². The number of nitrogens with two attached hydrogens (primary N) is 1. The average Bonchev–Trinajstić information content (AvgIpc) is 3.36. The molecule has 1 fully saturated rings. The maximum Gasteiger partial charge on any atom is 0.227 e. The Balaban J connectivity index is 1.48. The van der Waals surface area contributed by atoms with Gasteiger partial charge in [-0.15, -0.1) is 0 Å². The summed E-state index contributed by atoms with van der Waals surface area (Å²) < 4.78 is 5.26. The predicted molar refractivity (Wildman–Crippen MR) is 95.9 cm³/mol. The van der Waals surface area contributed by atoms with Crippen LogP contribution in [0.1, 0.15) is 50.5 Å². The van der Waals surface area contributed by atoms with Crippen molar-refractivity contribution in [3.63, 3.8) is 0 Å². The van der Waals surface area contributed by atoms with Gasteiger partial charge < -0.3 is 15.6 Å². The minimum Gasteiger partial charge on any atom is -0.355 e. The van der Waals surface area contributed by atoms with E-state index in [1.165, 1.54) is 18.4 Å². The number of carbonyl (C=O) groups excluding carboxylic acids is 1. The molecule has 1 atom stereocenters. The van der Waals surface area contributed by atoms with Gasteiger partial charge in [0.15, 0.2) is 0 Å². The lowest BCUT2D eigenvalue weighted by Gasteiger charge is -2.10. The van der Waals surface area contributed by atoms with E-state index in [0.29, 0.717) is 42.9 Å². The van der Waals surface area contributed by atoms with E-state index in [1.807, 2.05) is 12.1 Å². The summed E-state index contributed by atoms with van der Waals surface area (Å²) in [5, 5.41) is 6.88. The van der Waals surface area contributed by atoms with Crippen molar-refractivity contribution in [2.75, 3.05) is 6.54 Å². The number of aromatic nitrogens is 2. The summed E-state index contributed by atoms with van der Waals surface area (Å²) in [6.07, 6.45) is 3.12. The molecule has 0 aliphatic heterocycles. The molecule has 1 amide bonds. The van der Waals surface area contributed by atoms with Crippen molar-refractivity contribution in [3.8, 4) is 11.4 Å². The Morgan fingerprint density at radius 2 is 2.04 bits per heavy atom. The minimum absolute atomic E-state index is 0.0304. The normalized spacial score (nSPS) is 15.4. The first-order valence-electron chi connectivity index (χ1n) is 8.98. The van der Waals surface area contributed by atoms with E-state index >= 15 is 0 Å². The number of nitrogens with zero attached hydrogens (tertiary/aromatic N) is 2. The molecule has 25 heavy (non-hydrogen) atoms. The highest BCUT2D eigenvalue weighted by atomic mass is 16.5. The number of rotatable bonds is 8. The molecule has 1 aliphatic rings. The van der Waals surface area contributed by atoms with Crippen molar-refractivity contribution in [1.82, 2.24) is 15.5 Å². The predicted octanol–water partition coefficient (Wildman–Crippen LogP) is 2.65. The van der Waals surface area contributed by atoms with Crippen LogP contribution >= 0.6 is 0 Å². The van der Waals surface area contributed by atoms with E-state index in [1.54, 1.807) is 0 Å². The van der Waals surface area contributed by atoms with Crippen LogP contribution in [0.15, 0.2) is 28.8 Å². The maximum atomic E-state index is 11.9. The van der Waals surface area contributed by atoms with Gasteiger partial charge in [-0.1, -0.05) is 43.3 Å². The van der Waals surface area contributed by atoms with E-state index in [-0.39, 0.29) is 11.9 Å². The molecule has 3 N–H and O–H groups in total. The zero-order valence-electron chi connectivity index (χ0n) is 14.9. The lowest BCUT2D eigenvalue weighted by atomic mass is 10.0. The highest BCUT2D eigenvalue weighted by Crippen LogP contribution is 2.31. The molecule has 6 nitrogen and oxygen atoms in total. The van der Waals surface area contributed by atoms with Gasteiger partial charge in [0.05, 0.1) is 0 Å². The molecule has 0 spiro atoms. The van der Waals surface area contributed by atoms with Gasteiger partial charge in [0, 0.05) is 31.0 Å². The van der Waals surface area contributed by atoms with Crippen LogP contribution in [-0.2, 0) is 11.2 Å². The Morgan fingerprint density at radius 1 is 1.32 bits per heavy atom. The van der Waals surface area contributed by atoms with Crippen LogP contribution in [0.25, 0.3) is 11.4 Å². The Labute approximate surface area is 148 Å². The van der Waals surface area contributed by atoms with Gasteiger partial charge in [-0.05, 0) is 30.2 Å². The third-order valence-corrected chi connectivity index (χ3v) is 4.63. The molecule has 134 valence electrons. The smallest absolute Gasteiger partial charge is 0.227 e. The summed E-state index contributed by atoms with van der Waals surface area (Å²) in [7, 11) is 0. The minimum atomic E-state index is -0.0304. The first-order valence-corrected chi connectivity index (χ1v) is 8.98. The Morgan fingerprint density at radius 3 is 2.68 bits per heavy atom. The van der Waals surface area contributed by atoms with Crippen molar-refractivity contribution in [3.05, 3.63) is 35.7 Å². The molecule has 0 radical (unpaired) electrons. The van der Waals surface area contributed by atoms with E-state index in [0.717, 1.165) is 5.56 Å². The molecular formula is C19H26N4O2. The molecular weight excluding hydrogens is 316 g/mol. The largest absolute Gasteiger partial charge is 0.355 e. The Bertz CT molecular complexity index is 704. The summed E-state index contributed by atoms with van der Waals surface area (Å²) >= 11 is 0. The zero-order chi connectivity index (χ0) is 17.8. The highest BCUT2D eigenvalue weighted by Gasteiger charge is 2.28. The monoisotopic (exact) mass is 342 g/mol. The molecule has 6 heteroatoms. The average molecular weight is 342 g/mol. The highest BCUT2D eigenvalue weighted by molar-refractivity contribution is 5.76. The number of hydrogen-bond donors (Lipinski definition) is 2. The van der Waals surface area contributed by atoms with Gasteiger partial charge >= 0.3 is 0 Å². The van der Waals surface area contributed by atoms with Gasteiger partial charge in [0.25, 0.3) is 0 Å². The van der Waals surface area contributed by atoms with Gasteiger partial charge in [-0.2, -0.15) is 4.98 Å². The van der Waals surface area contributed by atoms with Gasteiger partial charge in [0.2, 0.25) is 17.6 Å². The number of hydrogen-bond acceptors (Lipinski definition) is 5. The van der Waals surface area contributed by atoms with E-state index in [4.69, 9.17) is 10.3 Å². The van der Waals surface area contributed by atoms with E-state index in [9.17, 15) is 4.79 Å². The van der Waals surface area contributed by atoms with E-state index in [2.05, 4.69) is 41.4 Å². The summed E-state index contributed by atoms with van der Waals surface area (Å²) in [5.74, 6) is 2.07. The maximum absolute atomic E-state index is 11.9. The van der Waals surface area contributed by atoms with Gasteiger partial charge in [0.1, 0.15) is 0 Å². The second-order valence-electron chi connectivity index (χ2n) is 7.09. The molecule has 0 bridgehead atoms. The number of aryl methyl sites for hydroxylation is 1. The van der Waals surface area contributed by atoms with E-state index < -0.39 is 0 Å². The lowest BCUT2D eigenvalue weighted by molar-refractivity contribution is -0.121. The second kappa shape index (κ2) is 7.78. The van der Waals surface area contributed by atoms with Crippen LogP contribution in [0.3, 0.4) is 0 Å². The fourth-order valence-corrected chi connectivity index (χ4v) is 2.72. The van der Waals surface area contributed by atoms with Crippen LogP contribution in [0.5, 0.6) is 0 Å². The fraction of sp³-hybridized carbons (Fsp3) is 0.526. The molecule has 2 aromatic rings. The molecule has 1 saturated carbocycles. The Hall–Kier alpha value is -2.21. The summed E-state index contributed by atoms with van der Waals surface area (Å²) in [5.41, 5.74) is 8.16. The first kappa shape index (κ1) is 17.6. The van der Waals surface area contributed by atoms with Gasteiger partial charge in [-0.3, -0.25) is 4.79 Å². The van der Waals surface area contributed by atoms with Crippen molar-refractivity contribution in [2.45, 2.75) is 51.5 Å². The second-order valence-corrected chi connectivity index (χ2v) is 7.09. The van der Waals surface area contributed by atoms with Crippen molar-refractivity contribution in [1.29, 1.82) is 0 Å². The first-order chi connectivity index (χ1) is 12.0. The van der Waals surface area contributed by atoms with Crippen LogP contribution in [-0.4, -0.2) is 28.6 Å². The lowest BCUT2D eigenvalue weighted by Crippen LogP contribution is -2.38. The number of amides is 1. The quantitative estimate of drug-likeness (QED) is 0.769. The topological polar surface area (TPSA) is 94.0 Å². The summed E-state index contributed by atoms with van der Waals surface area (Å²) in [6.45, 7) is 4.86. The fourth-order valence-electron chi connectivity index (χ4n) is 2.72. The van der Waals surface area contributed by atoms with Gasteiger partial charge in [-0.25, -0.2) is 0 Å². The molecule has 1 aromatic heterocycles. The number of benzene rings is 1. The van der Waals surface area contributed by atoms with Crippen LogP contribution in [0.2, 0.25) is 0 Å². The number of nitrogens with one attached hydrogen (secondary N) is 1. The van der Waals surface area contributed by atoms with Crippen LogP contribution in [0.4, 0.5) is 0 Å². The standard InChI is InChI=1S/C19H26N4O2/c1-12(2)13-3-7-15(8-4-13)19-22-18(25-23-19)10-9-17(24)21-11-16(20)14-5-6-14/h3-4,7-8,12,14,16H,5-6,9-11,20H2,1-2H3,(H,21,24). The summed E-state index contributed by atoms with van der Waals surface area (Å²) in [6, 6.07) is 8.22.